The summed E-state index contributed by atoms with van der Waals surface area (Å²) < 4.78 is 12.5. The molecule has 0 aliphatic carbocycles. The molecule has 1 aromatic carbocycles. The van der Waals surface area contributed by atoms with E-state index in [2.05, 4.69) is 17.1 Å². The number of rotatable bonds is 9. The number of ether oxygens (including phenoxy) is 1. The smallest absolute Gasteiger partial charge is 0.313 e. The molecule has 2 aromatic heterocycles. The molecule has 0 saturated heterocycles. The SMILES string of the molecule is CCCCc1nnc(-c2cc3ccccc3n2CC(=O)CC(=O)OCC)o1. The third-order valence-corrected chi connectivity index (χ3v) is 4.22. The summed E-state index contributed by atoms with van der Waals surface area (Å²) in [4.78, 5) is 24.0. The number of hydrogen-bond acceptors (Lipinski definition) is 6. The monoisotopic (exact) mass is 369 g/mol. The molecule has 0 atom stereocenters. The van der Waals surface area contributed by atoms with Gasteiger partial charge in [0.2, 0.25) is 5.89 Å². The Morgan fingerprint density at radius 2 is 2.00 bits per heavy atom. The fraction of sp³-hybridized carbons (Fsp3) is 0.400. The summed E-state index contributed by atoms with van der Waals surface area (Å²) in [6, 6.07) is 9.63. The Balaban J connectivity index is 1.91. The van der Waals surface area contributed by atoms with E-state index in [9.17, 15) is 9.59 Å². The average Bonchev–Trinajstić information content (AvgIpc) is 3.25. The first kappa shape index (κ1) is 18.8. The van der Waals surface area contributed by atoms with Crippen LogP contribution in [0.3, 0.4) is 0 Å². The number of fused-ring (bicyclic) bond motifs is 1. The number of aryl methyl sites for hydroxylation is 1. The van der Waals surface area contributed by atoms with E-state index in [1.165, 1.54) is 0 Å². The zero-order valence-corrected chi connectivity index (χ0v) is 15.6. The van der Waals surface area contributed by atoms with Gasteiger partial charge in [-0.05, 0) is 25.5 Å². The van der Waals surface area contributed by atoms with Gasteiger partial charge in [0.1, 0.15) is 12.1 Å². The number of unbranched alkanes of at least 4 members (excludes halogenated alkanes) is 1. The van der Waals surface area contributed by atoms with Crippen molar-refractivity contribution in [2.24, 2.45) is 0 Å². The van der Waals surface area contributed by atoms with Crippen LogP contribution in [0.5, 0.6) is 0 Å². The fourth-order valence-corrected chi connectivity index (χ4v) is 2.95. The molecule has 0 amide bonds. The Bertz CT molecular complexity index is 942. The Kier molecular flexibility index (Phi) is 6.01. The second kappa shape index (κ2) is 8.62. The number of esters is 1. The van der Waals surface area contributed by atoms with Gasteiger partial charge in [-0.2, -0.15) is 0 Å². The van der Waals surface area contributed by atoms with Crippen LogP contribution in [0.15, 0.2) is 34.7 Å². The van der Waals surface area contributed by atoms with E-state index in [1.807, 2.05) is 34.9 Å². The van der Waals surface area contributed by atoms with Crippen molar-refractivity contribution in [2.75, 3.05) is 6.61 Å². The van der Waals surface area contributed by atoms with Crippen LogP contribution in [0.2, 0.25) is 0 Å². The number of carbonyl (C=O) groups excluding carboxylic acids is 2. The average molecular weight is 369 g/mol. The summed E-state index contributed by atoms with van der Waals surface area (Å²) in [5.41, 5.74) is 1.54. The maximum absolute atomic E-state index is 12.4. The van der Waals surface area contributed by atoms with Gasteiger partial charge in [0.25, 0.3) is 5.89 Å². The number of para-hydroxylation sites is 1. The molecule has 0 spiro atoms. The van der Waals surface area contributed by atoms with Gasteiger partial charge < -0.3 is 13.7 Å². The molecule has 3 rings (SSSR count). The third kappa shape index (κ3) is 4.42. The molecule has 3 aromatic rings. The molecular weight excluding hydrogens is 346 g/mol. The molecule has 0 saturated carbocycles. The van der Waals surface area contributed by atoms with E-state index in [0.717, 1.165) is 30.2 Å². The van der Waals surface area contributed by atoms with Crippen LogP contribution in [0.1, 0.15) is 39.0 Å². The minimum Gasteiger partial charge on any atom is -0.466 e. The van der Waals surface area contributed by atoms with Gasteiger partial charge >= 0.3 is 5.97 Å². The predicted molar refractivity (Wildman–Crippen MR) is 100 cm³/mol. The molecule has 0 bridgehead atoms. The summed E-state index contributed by atoms with van der Waals surface area (Å²) in [6.45, 7) is 4.11. The lowest BCUT2D eigenvalue weighted by molar-refractivity contribution is -0.145. The molecule has 2 heterocycles. The quantitative estimate of drug-likeness (QED) is 0.423. The van der Waals surface area contributed by atoms with Crippen molar-refractivity contribution in [3.8, 4) is 11.6 Å². The third-order valence-electron chi connectivity index (χ3n) is 4.22. The largest absolute Gasteiger partial charge is 0.466 e. The van der Waals surface area contributed by atoms with Gasteiger partial charge in [0.05, 0.1) is 13.2 Å². The van der Waals surface area contributed by atoms with E-state index in [0.29, 0.717) is 17.5 Å². The van der Waals surface area contributed by atoms with E-state index in [1.54, 1.807) is 6.92 Å². The first-order valence-electron chi connectivity index (χ1n) is 9.20. The summed E-state index contributed by atoms with van der Waals surface area (Å²) in [5, 5.41) is 9.22. The van der Waals surface area contributed by atoms with Gasteiger partial charge in [-0.15, -0.1) is 10.2 Å². The first-order chi connectivity index (χ1) is 13.1. The summed E-state index contributed by atoms with van der Waals surface area (Å²) >= 11 is 0. The van der Waals surface area contributed by atoms with E-state index in [4.69, 9.17) is 9.15 Å². The second-order valence-electron chi connectivity index (χ2n) is 6.30. The Morgan fingerprint density at radius 1 is 1.19 bits per heavy atom. The number of benzene rings is 1. The predicted octanol–water partition coefficient (Wildman–Crippen LogP) is 3.56. The fourth-order valence-electron chi connectivity index (χ4n) is 2.95. The van der Waals surface area contributed by atoms with Crippen molar-refractivity contribution in [3.05, 3.63) is 36.2 Å². The standard InChI is InChI=1S/C20H23N3O4/c1-3-5-10-18-21-22-20(27-18)17-11-14-8-6-7-9-16(14)23(17)13-15(24)12-19(25)26-4-2/h6-9,11H,3-5,10,12-13H2,1-2H3. The maximum atomic E-state index is 12.4. The highest BCUT2D eigenvalue weighted by Gasteiger charge is 2.19. The van der Waals surface area contributed by atoms with Crippen molar-refractivity contribution in [3.63, 3.8) is 0 Å². The van der Waals surface area contributed by atoms with Crippen molar-refractivity contribution in [1.29, 1.82) is 0 Å². The topological polar surface area (TPSA) is 87.2 Å². The highest BCUT2D eigenvalue weighted by Crippen LogP contribution is 2.28. The van der Waals surface area contributed by atoms with Crippen LogP contribution in [0, 0.1) is 0 Å². The molecule has 27 heavy (non-hydrogen) atoms. The number of carbonyl (C=O) groups is 2. The molecule has 0 fully saturated rings. The molecule has 0 unspecified atom stereocenters. The van der Waals surface area contributed by atoms with Crippen LogP contribution < -0.4 is 0 Å². The Morgan fingerprint density at radius 3 is 2.78 bits per heavy atom. The number of aromatic nitrogens is 3. The maximum Gasteiger partial charge on any atom is 0.313 e. The van der Waals surface area contributed by atoms with Crippen LogP contribution in [-0.4, -0.2) is 33.1 Å². The lowest BCUT2D eigenvalue weighted by Crippen LogP contribution is -2.16. The zero-order chi connectivity index (χ0) is 19.2. The normalized spacial score (nSPS) is 11.0. The van der Waals surface area contributed by atoms with Crippen molar-refractivity contribution < 1.29 is 18.7 Å². The van der Waals surface area contributed by atoms with E-state index in [-0.39, 0.29) is 25.4 Å². The zero-order valence-electron chi connectivity index (χ0n) is 15.6. The van der Waals surface area contributed by atoms with Crippen LogP contribution in [0.4, 0.5) is 0 Å². The molecule has 142 valence electrons. The molecule has 0 aliphatic heterocycles. The van der Waals surface area contributed by atoms with Crippen molar-refractivity contribution >= 4 is 22.7 Å². The van der Waals surface area contributed by atoms with Gasteiger partial charge in [0, 0.05) is 17.3 Å². The molecule has 7 heteroatoms. The van der Waals surface area contributed by atoms with Crippen LogP contribution in [-0.2, 0) is 27.3 Å². The lowest BCUT2D eigenvalue weighted by Gasteiger charge is -2.08. The molecule has 0 N–H and O–H groups in total. The number of Topliss-reactive ketones (excluding diaryl/α,β-unsaturated/α-hetero) is 1. The summed E-state index contributed by atoms with van der Waals surface area (Å²) in [7, 11) is 0. The molecule has 0 radical (unpaired) electrons. The molecule has 0 aliphatic rings. The lowest BCUT2D eigenvalue weighted by atomic mass is 10.2. The Labute approximate surface area is 157 Å². The highest BCUT2D eigenvalue weighted by atomic mass is 16.5. The summed E-state index contributed by atoms with van der Waals surface area (Å²) in [6.07, 6.45) is 2.49. The van der Waals surface area contributed by atoms with Crippen LogP contribution >= 0.6 is 0 Å². The summed E-state index contributed by atoms with van der Waals surface area (Å²) in [5.74, 6) is 0.213. The molecule has 7 nitrogen and oxygen atoms in total. The van der Waals surface area contributed by atoms with Gasteiger partial charge in [-0.1, -0.05) is 31.5 Å². The van der Waals surface area contributed by atoms with Crippen molar-refractivity contribution in [1.82, 2.24) is 14.8 Å². The van der Waals surface area contributed by atoms with E-state index < -0.39 is 5.97 Å². The number of hydrogen-bond donors (Lipinski definition) is 0. The van der Waals surface area contributed by atoms with E-state index >= 15 is 0 Å². The van der Waals surface area contributed by atoms with Crippen molar-refractivity contribution in [2.45, 2.75) is 46.1 Å². The number of nitrogens with zero attached hydrogens (tertiary/aromatic N) is 3. The van der Waals surface area contributed by atoms with Gasteiger partial charge in [-0.3, -0.25) is 9.59 Å². The first-order valence-corrected chi connectivity index (χ1v) is 9.20. The molecular formula is C20H23N3O4. The van der Waals surface area contributed by atoms with Gasteiger partial charge in [-0.25, -0.2) is 0 Å². The highest BCUT2D eigenvalue weighted by molar-refractivity contribution is 5.97. The second-order valence-corrected chi connectivity index (χ2v) is 6.30. The van der Waals surface area contributed by atoms with Gasteiger partial charge in [0.15, 0.2) is 5.78 Å². The Hall–Kier alpha value is -2.96. The minimum atomic E-state index is -0.514. The van der Waals surface area contributed by atoms with Crippen LogP contribution in [0.25, 0.3) is 22.5 Å². The minimum absolute atomic E-state index is 0.0360. The number of ketones is 1.